The van der Waals surface area contributed by atoms with Crippen LogP contribution < -0.4 is 10.6 Å². The second kappa shape index (κ2) is 7.27. The number of aryl methyl sites for hydroxylation is 2. The van der Waals surface area contributed by atoms with Crippen molar-refractivity contribution >= 4 is 17.5 Å². The zero-order valence-electron chi connectivity index (χ0n) is 14.1. The highest BCUT2D eigenvalue weighted by molar-refractivity contribution is 6.39. The van der Waals surface area contributed by atoms with Gasteiger partial charge >= 0.3 is 11.8 Å². The Morgan fingerprint density at radius 1 is 1.04 bits per heavy atom. The maximum atomic E-state index is 12.0. The van der Waals surface area contributed by atoms with Crippen molar-refractivity contribution < 1.29 is 14.7 Å². The Labute approximate surface area is 141 Å². The highest BCUT2D eigenvalue weighted by Gasteiger charge is 2.25. The maximum Gasteiger partial charge on any atom is 0.313 e. The van der Waals surface area contributed by atoms with E-state index in [1.165, 1.54) is 0 Å². The lowest BCUT2D eigenvalue weighted by Gasteiger charge is -2.24. The minimum Gasteiger partial charge on any atom is -0.384 e. The molecular formula is C19H22N2O3. The summed E-state index contributed by atoms with van der Waals surface area (Å²) in [5.74, 6) is -1.54. The Hall–Kier alpha value is -2.66. The molecule has 126 valence electrons. The van der Waals surface area contributed by atoms with Crippen molar-refractivity contribution in [2.24, 2.45) is 0 Å². The van der Waals surface area contributed by atoms with E-state index in [0.717, 1.165) is 11.1 Å². The number of carbonyl (C=O) groups excluding carboxylic acids is 2. The van der Waals surface area contributed by atoms with Gasteiger partial charge in [0.1, 0.15) is 5.60 Å². The van der Waals surface area contributed by atoms with Gasteiger partial charge in [-0.15, -0.1) is 0 Å². The Balaban J connectivity index is 1.95. The third kappa shape index (κ3) is 4.43. The van der Waals surface area contributed by atoms with Crippen LogP contribution in [-0.2, 0) is 15.2 Å². The number of hydrogen-bond acceptors (Lipinski definition) is 3. The second-order valence-corrected chi connectivity index (χ2v) is 6.10. The standard InChI is InChI=1S/C19H22N2O3/c1-13-9-10-16(14(2)11-13)21-18(23)17(22)20-12-19(3,24)15-7-5-4-6-8-15/h4-11,24H,12H2,1-3H3,(H,20,22)(H,21,23). The zero-order chi connectivity index (χ0) is 17.7. The first-order valence-electron chi connectivity index (χ1n) is 7.74. The smallest absolute Gasteiger partial charge is 0.313 e. The molecule has 2 rings (SSSR count). The van der Waals surface area contributed by atoms with Crippen LogP contribution in [0, 0.1) is 13.8 Å². The first-order chi connectivity index (χ1) is 11.3. The Morgan fingerprint density at radius 2 is 1.71 bits per heavy atom. The minimum atomic E-state index is -1.25. The number of rotatable bonds is 4. The second-order valence-electron chi connectivity index (χ2n) is 6.10. The van der Waals surface area contributed by atoms with Gasteiger partial charge in [0.25, 0.3) is 0 Å². The molecule has 0 spiro atoms. The fraction of sp³-hybridized carbons (Fsp3) is 0.263. The third-order valence-electron chi connectivity index (χ3n) is 3.83. The maximum absolute atomic E-state index is 12.0. The molecule has 5 nitrogen and oxygen atoms in total. The van der Waals surface area contributed by atoms with E-state index in [4.69, 9.17) is 0 Å². The highest BCUT2D eigenvalue weighted by Crippen LogP contribution is 2.19. The van der Waals surface area contributed by atoms with Crippen molar-refractivity contribution in [1.29, 1.82) is 0 Å². The fourth-order valence-corrected chi connectivity index (χ4v) is 2.36. The van der Waals surface area contributed by atoms with Gasteiger partial charge in [-0.2, -0.15) is 0 Å². The van der Waals surface area contributed by atoms with Crippen LogP contribution in [0.1, 0.15) is 23.6 Å². The topological polar surface area (TPSA) is 78.4 Å². The molecule has 1 atom stereocenters. The van der Waals surface area contributed by atoms with Crippen molar-refractivity contribution in [2.45, 2.75) is 26.4 Å². The Kier molecular flexibility index (Phi) is 5.36. The number of carbonyl (C=O) groups is 2. The van der Waals surface area contributed by atoms with Gasteiger partial charge in [0.15, 0.2) is 0 Å². The van der Waals surface area contributed by atoms with Crippen molar-refractivity contribution in [2.75, 3.05) is 11.9 Å². The normalized spacial score (nSPS) is 13.0. The molecule has 24 heavy (non-hydrogen) atoms. The first kappa shape index (κ1) is 17.7. The van der Waals surface area contributed by atoms with Crippen LogP contribution in [0.4, 0.5) is 5.69 Å². The summed E-state index contributed by atoms with van der Waals surface area (Å²) in [7, 11) is 0. The van der Waals surface area contributed by atoms with Gasteiger partial charge in [-0.1, -0.05) is 48.0 Å². The van der Waals surface area contributed by atoms with Crippen LogP contribution in [0.2, 0.25) is 0 Å². The molecule has 2 aromatic carbocycles. The number of aliphatic hydroxyl groups is 1. The monoisotopic (exact) mass is 326 g/mol. The fourth-order valence-electron chi connectivity index (χ4n) is 2.36. The predicted octanol–water partition coefficient (Wildman–Crippen LogP) is 2.27. The summed E-state index contributed by atoms with van der Waals surface area (Å²) >= 11 is 0. The molecular weight excluding hydrogens is 304 g/mol. The molecule has 0 aromatic heterocycles. The van der Waals surface area contributed by atoms with E-state index in [2.05, 4.69) is 10.6 Å². The van der Waals surface area contributed by atoms with Crippen molar-refractivity contribution in [3.8, 4) is 0 Å². The largest absolute Gasteiger partial charge is 0.384 e. The molecule has 1 unspecified atom stereocenters. The SMILES string of the molecule is Cc1ccc(NC(=O)C(=O)NCC(C)(O)c2ccccc2)c(C)c1. The van der Waals surface area contributed by atoms with E-state index in [1.54, 1.807) is 37.3 Å². The lowest BCUT2D eigenvalue weighted by atomic mass is 9.96. The van der Waals surface area contributed by atoms with Crippen molar-refractivity contribution in [1.82, 2.24) is 5.32 Å². The summed E-state index contributed by atoms with van der Waals surface area (Å²) in [5, 5.41) is 15.5. The van der Waals surface area contributed by atoms with E-state index in [9.17, 15) is 14.7 Å². The van der Waals surface area contributed by atoms with E-state index in [0.29, 0.717) is 11.3 Å². The molecule has 0 saturated heterocycles. The average molecular weight is 326 g/mol. The summed E-state index contributed by atoms with van der Waals surface area (Å²) < 4.78 is 0. The summed E-state index contributed by atoms with van der Waals surface area (Å²) in [6, 6.07) is 14.5. The van der Waals surface area contributed by atoms with Gasteiger partial charge in [-0.05, 0) is 38.0 Å². The molecule has 0 aliphatic heterocycles. The van der Waals surface area contributed by atoms with Crippen LogP contribution in [0.15, 0.2) is 48.5 Å². The predicted molar refractivity (Wildman–Crippen MR) is 93.6 cm³/mol. The van der Waals surface area contributed by atoms with Crippen molar-refractivity contribution in [3.63, 3.8) is 0 Å². The quantitative estimate of drug-likeness (QED) is 0.754. The molecule has 0 bridgehead atoms. The van der Waals surface area contributed by atoms with Crippen LogP contribution in [0.25, 0.3) is 0 Å². The van der Waals surface area contributed by atoms with Gasteiger partial charge in [0.05, 0.1) is 6.54 Å². The summed E-state index contributed by atoms with van der Waals surface area (Å²) in [6.45, 7) is 5.35. The number of hydrogen-bond donors (Lipinski definition) is 3. The Bertz CT molecular complexity index is 740. The summed E-state index contributed by atoms with van der Waals surface area (Å²) in [5.41, 5.74) is 1.97. The number of anilines is 1. The molecule has 2 aromatic rings. The van der Waals surface area contributed by atoms with E-state index in [-0.39, 0.29) is 6.54 Å². The average Bonchev–Trinajstić information content (AvgIpc) is 2.56. The van der Waals surface area contributed by atoms with Crippen LogP contribution >= 0.6 is 0 Å². The highest BCUT2D eigenvalue weighted by atomic mass is 16.3. The molecule has 0 saturated carbocycles. The molecule has 0 aliphatic carbocycles. The molecule has 2 amide bonds. The number of amides is 2. The summed E-state index contributed by atoms with van der Waals surface area (Å²) in [4.78, 5) is 24.0. The van der Waals surface area contributed by atoms with Crippen LogP contribution in [0.5, 0.6) is 0 Å². The van der Waals surface area contributed by atoms with E-state index < -0.39 is 17.4 Å². The number of benzene rings is 2. The van der Waals surface area contributed by atoms with Gasteiger partial charge in [0.2, 0.25) is 0 Å². The molecule has 0 heterocycles. The van der Waals surface area contributed by atoms with Gasteiger partial charge < -0.3 is 15.7 Å². The molecule has 0 radical (unpaired) electrons. The molecule has 5 heteroatoms. The molecule has 3 N–H and O–H groups in total. The van der Waals surface area contributed by atoms with Crippen molar-refractivity contribution in [3.05, 3.63) is 65.2 Å². The Morgan fingerprint density at radius 3 is 2.33 bits per heavy atom. The molecule has 0 fully saturated rings. The van der Waals surface area contributed by atoms with E-state index in [1.807, 2.05) is 32.0 Å². The van der Waals surface area contributed by atoms with Gasteiger partial charge in [-0.3, -0.25) is 9.59 Å². The van der Waals surface area contributed by atoms with Gasteiger partial charge in [0, 0.05) is 5.69 Å². The lowest BCUT2D eigenvalue weighted by molar-refractivity contribution is -0.136. The minimum absolute atomic E-state index is 0.0594. The van der Waals surface area contributed by atoms with Crippen LogP contribution in [0.3, 0.4) is 0 Å². The van der Waals surface area contributed by atoms with Crippen LogP contribution in [-0.4, -0.2) is 23.5 Å². The zero-order valence-corrected chi connectivity index (χ0v) is 14.1. The third-order valence-corrected chi connectivity index (χ3v) is 3.83. The van der Waals surface area contributed by atoms with Gasteiger partial charge in [-0.25, -0.2) is 0 Å². The number of nitrogens with one attached hydrogen (secondary N) is 2. The summed E-state index contributed by atoms with van der Waals surface area (Å²) in [6.07, 6.45) is 0. The molecule has 0 aliphatic rings. The van der Waals surface area contributed by atoms with E-state index >= 15 is 0 Å². The first-order valence-corrected chi connectivity index (χ1v) is 7.74. The lowest BCUT2D eigenvalue weighted by Crippen LogP contribution is -2.43.